The van der Waals surface area contributed by atoms with Crippen LogP contribution < -0.4 is 16.6 Å². The van der Waals surface area contributed by atoms with Gasteiger partial charge in [-0.25, -0.2) is 9.48 Å². The molecule has 0 saturated heterocycles. The lowest BCUT2D eigenvalue weighted by Gasteiger charge is -2.27. The maximum atomic E-state index is 11.9. The first-order valence-electron chi connectivity index (χ1n) is 6.54. The summed E-state index contributed by atoms with van der Waals surface area (Å²) >= 11 is 0. The molecule has 1 aromatic rings. The van der Waals surface area contributed by atoms with Crippen LogP contribution in [0.4, 0.5) is 5.82 Å². The molecule has 0 spiro atoms. The minimum absolute atomic E-state index is 0.0886. The Labute approximate surface area is 115 Å². The summed E-state index contributed by atoms with van der Waals surface area (Å²) in [7, 11) is 2.85. The lowest BCUT2D eigenvalue weighted by atomic mass is 9.86. The SMILES string of the molecule is Cn1nc(NC2CCCC(C(=O)O)C2)c(=O)n(C)c1=O. The van der Waals surface area contributed by atoms with Crippen LogP contribution >= 0.6 is 0 Å². The summed E-state index contributed by atoms with van der Waals surface area (Å²) < 4.78 is 2.06. The van der Waals surface area contributed by atoms with Crippen molar-refractivity contribution in [3.05, 3.63) is 20.8 Å². The summed E-state index contributed by atoms with van der Waals surface area (Å²) in [5, 5.41) is 15.9. The first-order valence-corrected chi connectivity index (χ1v) is 6.54. The molecule has 1 saturated carbocycles. The van der Waals surface area contributed by atoms with Crippen LogP contribution in [0.3, 0.4) is 0 Å². The van der Waals surface area contributed by atoms with Crippen LogP contribution in [-0.2, 0) is 18.9 Å². The van der Waals surface area contributed by atoms with Gasteiger partial charge in [-0.3, -0.25) is 14.2 Å². The number of carbonyl (C=O) groups is 1. The largest absolute Gasteiger partial charge is 0.481 e. The molecule has 2 atom stereocenters. The minimum Gasteiger partial charge on any atom is -0.481 e. The van der Waals surface area contributed by atoms with E-state index in [9.17, 15) is 14.4 Å². The van der Waals surface area contributed by atoms with Crippen LogP contribution in [-0.4, -0.2) is 31.5 Å². The second-order valence-electron chi connectivity index (χ2n) is 5.16. The van der Waals surface area contributed by atoms with Crippen LogP contribution in [0, 0.1) is 5.92 Å². The van der Waals surface area contributed by atoms with E-state index in [1.54, 1.807) is 0 Å². The molecule has 2 N–H and O–H groups in total. The third-order valence-corrected chi connectivity index (χ3v) is 3.69. The fourth-order valence-corrected chi connectivity index (χ4v) is 2.53. The van der Waals surface area contributed by atoms with E-state index in [0.29, 0.717) is 12.8 Å². The van der Waals surface area contributed by atoms with Crippen molar-refractivity contribution in [3.63, 3.8) is 0 Å². The molecule has 0 radical (unpaired) electrons. The summed E-state index contributed by atoms with van der Waals surface area (Å²) in [6.45, 7) is 0. The molecule has 2 unspecified atom stereocenters. The highest BCUT2D eigenvalue weighted by atomic mass is 16.4. The molecule has 1 aliphatic rings. The predicted molar refractivity (Wildman–Crippen MR) is 71.7 cm³/mol. The Kier molecular flexibility index (Phi) is 3.91. The molecule has 8 heteroatoms. The molecule has 1 aliphatic carbocycles. The molecule has 0 aromatic carbocycles. The monoisotopic (exact) mass is 282 g/mol. The summed E-state index contributed by atoms with van der Waals surface area (Å²) in [4.78, 5) is 34.5. The van der Waals surface area contributed by atoms with Gasteiger partial charge in [0.15, 0.2) is 0 Å². The van der Waals surface area contributed by atoms with E-state index < -0.39 is 23.1 Å². The van der Waals surface area contributed by atoms with Crippen LogP contribution in [0.15, 0.2) is 9.59 Å². The van der Waals surface area contributed by atoms with Crippen molar-refractivity contribution in [1.82, 2.24) is 14.3 Å². The number of aromatic nitrogens is 3. The van der Waals surface area contributed by atoms with E-state index in [1.807, 2.05) is 0 Å². The van der Waals surface area contributed by atoms with Crippen molar-refractivity contribution in [1.29, 1.82) is 0 Å². The number of rotatable bonds is 3. The number of hydrogen-bond donors (Lipinski definition) is 2. The zero-order chi connectivity index (χ0) is 14.9. The average molecular weight is 282 g/mol. The zero-order valence-electron chi connectivity index (χ0n) is 11.5. The van der Waals surface area contributed by atoms with Gasteiger partial charge in [-0.05, 0) is 19.3 Å². The average Bonchev–Trinajstić information content (AvgIpc) is 2.42. The summed E-state index contributed by atoms with van der Waals surface area (Å²) in [5.41, 5.74) is -0.988. The smallest absolute Gasteiger partial charge is 0.346 e. The summed E-state index contributed by atoms with van der Waals surface area (Å²) in [5.74, 6) is -1.11. The highest BCUT2D eigenvalue weighted by molar-refractivity contribution is 5.70. The Bertz CT molecular complexity index is 633. The third-order valence-electron chi connectivity index (χ3n) is 3.69. The van der Waals surface area contributed by atoms with Crippen LogP contribution in [0.5, 0.6) is 0 Å². The highest BCUT2D eigenvalue weighted by Gasteiger charge is 2.27. The molecular formula is C12H18N4O4. The molecule has 0 amide bonds. The van der Waals surface area contributed by atoms with E-state index in [4.69, 9.17) is 5.11 Å². The van der Waals surface area contributed by atoms with Gasteiger partial charge in [-0.1, -0.05) is 6.42 Å². The van der Waals surface area contributed by atoms with E-state index in [0.717, 1.165) is 22.1 Å². The van der Waals surface area contributed by atoms with Crippen molar-refractivity contribution in [2.75, 3.05) is 5.32 Å². The Morgan fingerprint density at radius 1 is 1.35 bits per heavy atom. The number of nitrogens with zero attached hydrogens (tertiary/aromatic N) is 3. The van der Waals surface area contributed by atoms with Gasteiger partial charge in [-0.2, -0.15) is 0 Å². The normalized spacial score (nSPS) is 22.5. The Morgan fingerprint density at radius 2 is 2.05 bits per heavy atom. The third kappa shape index (κ3) is 2.73. The van der Waals surface area contributed by atoms with Crippen molar-refractivity contribution >= 4 is 11.8 Å². The maximum absolute atomic E-state index is 11.9. The number of aryl methyl sites for hydroxylation is 1. The first-order chi connectivity index (χ1) is 9.40. The predicted octanol–water partition coefficient (Wildman–Crippen LogP) is -0.466. The molecule has 1 heterocycles. The van der Waals surface area contributed by atoms with Crippen LogP contribution in [0.25, 0.3) is 0 Å². The molecular weight excluding hydrogens is 264 g/mol. The van der Waals surface area contributed by atoms with Crippen LogP contribution in [0.2, 0.25) is 0 Å². The van der Waals surface area contributed by atoms with Crippen molar-refractivity contribution < 1.29 is 9.90 Å². The van der Waals surface area contributed by atoms with Gasteiger partial charge in [0.25, 0.3) is 5.56 Å². The Morgan fingerprint density at radius 3 is 2.70 bits per heavy atom. The molecule has 1 aromatic heterocycles. The molecule has 110 valence electrons. The quantitative estimate of drug-likeness (QED) is 0.776. The second-order valence-corrected chi connectivity index (χ2v) is 5.16. The number of carboxylic acids is 1. The van der Waals surface area contributed by atoms with E-state index in [-0.39, 0.29) is 11.9 Å². The van der Waals surface area contributed by atoms with Gasteiger partial charge >= 0.3 is 11.7 Å². The van der Waals surface area contributed by atoms with Gasteiger partial charge in [0.1, 0.15) is 0 Å². The standard InChI is InChI=1S/C12H18N4O4/c1-15-10(17)9(14-16(2)12(15)20)13-8-5-3-4-7(6-8)11(18)19/h7-8H,3-6H2,1-2H3,(H,13,14)(H,18,19). The molecule has 8 nitrogen and oxygen atoms in total. The van der Waals surface area contributed by atoms with Gasteiger partial charge < -0.3 is 10.4 Å². The van der Waals surface area contributed by atoms with Gasteiger partial charge in [0.2, 0.25) is 5.82 Å². The van der Waals surface area contributed by atoms with E-state index in [2.05, 4.69) is 10.4 Å². The van der Waals surface area contributed by atoms with E-state index in [1.165, 1.54) is 14.1 Å². The Balaban J connectivity index is 2.20. The molecule has 20 heavy (non-hydrogen) atoms. The molecule has 1 fully saturated rings. The summed E-state index contributed by atoms with van der Waals surface area (Å²) in [6, 6.07) is -0.109. The lowest BCUT2D eigenvalue weighted by Crippen LogP contribution is -2.42. The number of anilines is 1. The molecule has 0 aliphatic heterocycles. The van der Waals surface area contributed by atoms with Crippen molar-refractivity contribution in [2.24, 2.45) is 20.0 Å². The minimum atomic E-state index is -0.808. The van der Waals surface area contributed by atoms with E-state index >= 15 is 0 Å². The first kappa shape index (κ1) is 14.3. The van der Waals surface area contributed by atoms with Crippen LogP contribution in [0.1, 0.15) is 25.7 Å². The fourth-order valence-electron chi connectivity index (χ4n) is 2.53. The van der Waals surface area contributed by atoms with Gasteiger partial charge in [0, 0.05) is 20.1 Å². The Hall–Kier alpha value is -2.12. The number of nitrogens with one attached hydrogen (secondary N) is 1. The van der Waals surface area contributed by atoms with Crippen molar-refractivity contribution in [3.8, 4) is 0 Å². The number of carboxylic acid groups (broad SMARTS) is 1. The maximum Gasteiger partial charge on any atom is 0.346 e. The number of hydrogen-bond acceptors (Lipinski definition) is 5. The topological polar surface area (TPSA) is 106 Å². The molecule has 0 bridgehead atoms. The number of aliphatic carboxylic acids is 1. The lowest BCUT2D eigenvalue weighted by molar-refractivity contribution is -0.142. The fraction of sp³-hybridized carbons (Fsp3) is 0.667. The van der Waals surface area contributed by atoms with Gasteiger partial charge in [0.05, 0.1) is 5.92 Å². The molecule has 2 rings (SSSR count). The summed E-state index contributed by atoms with van der Waals surface area (Å²) in [6.07, 6.45) is 2.70. The highest BCUT2D eigenvalue weighted by Crippen LogP contribution is 2.25. The van der Waals surface area contributed by atoms with Crippen molar-refractivity contribution in [2.45, 2.75) is 31.7 Å². The second kappa shape index (κ2) is 5.48. The van der Waals surface area contributed by atoms with Gasteiger partial charge in [-0.15, -0.1) is 5.10 Å². The zero-order valence-corrected chi connectivity index (χ0v) is 11.5.